The maximum atomic E-state index is 11.3. The maximum Gasteiger partial charge on any atom is 0.257 e. The lowest BCUT2D eigenvalue weighted by Gasteiger charge is -2.08. The molecule has 2 heterocycles. The molecule has 0 aromatic carbocycles. The summed E-state index contributed by atoms with van der Waals surface area (Å²) >= 11 is 0. The highest BCUT2D eigenvalue weighted by atomic mass is 16.5. The highest BCUT2D eigenvalue weighted by Gasteiger charge is 2.21. The molecule has 0 radical (unpaired) electrons. The Kier molecular flexibility index (Phi) is 2.25. The Morgan fingerprint density at radius 1 is 1.64 bits per heavy atom. The zero-order chi connectivity index (χ0) is 10.1. The van der Waals surface area contributed by atoms with Gasteiger partial charge in [-0.2, -0.15) is 4.98 Å². The molecule has 1 saturated heterocycles. The number of aromatic hydroxyl groups is 1. The Morgan fingerprint density at radius 3 is 3.00 bits per heavy atom. The molecule has 1 atom stereocenters. The maximum absolute atomic E-state index is 11.3. The minimum atomic E-state index is -0.303. The van der Waals surface area contributed by atoms with Crippen LogP contribution in [0, 0.1) is 6.92 Å². The standard InChI is InChI=1S/C9H12N2O3/c1-5-8(12)10-7(11-9(5)13)6-3-2-4-14-6/h6H,2-4H2,1H3,(H2,10,11,12,13). The summed E-state index contributed by atoms with van der Waals surface area (Å²) in [6, 6.07) is 0. The molecule has 1 fully saturated rings. The van der Waals surface area contributed by atoms with Crippen LogP contribution in [-0.4, -0.2) is 21.7 Å². The molecule has 1 aromatic rings. The van der Waals surface area contributed by atoms with E-state index in [-0.39, 0.29) is 23.1 Å². The summed E-state index contributed by atoms with van der Waals surface area (Å²) in [7, 11) is 0. The number of hydrogen-bond acceptors (Lipinski definition) is 4. The summed E-state index contributed by atoms with van der Waals surface area (Å²) < 4.78 is 5.35. The molecule has 0 aliphatic carbocycles. The molecule has 2 N–H and O–H groups in total. The normalized spacial score (nSPS) is 21.4. The Labute approximate surface area is 80.8 Å². The fraction of sp³-hybridized carbons (Fsp3) is 0.556. The number of nitrogens with zero attached hydrogens (tertiary/aromatic N) is 1. The fourth-order valence-electron chi connectivity index (χ4n) is 1.48. The van der Waals surface area contributed by atoms with Gasteiger partial charge in [-0.25, -0.2) is 0 Å². The lowest BCUT2D eigenvalue weighted by Crippen LogP contribution is -2.16. The van der Waals surface area contributed by atoms with Crippen LogP contribution in [0.5, 0.6) is 5.88 Å². The largest absolute Gasteiger partial charge is 0.493 e. The van der Waals surface area contributed by atoms with E-state index in [4.69, 9.17) is 4.74 Å². The summed E-state index contributed by atoms with van der Waals surface area (Å²) in [5.74, 6) is 0.217. The van der Waals surface area contributed by atoms with E-state index in [1.54, 1.807) is 0 Å². The Morgan fingerprint density at radius 2 is 2.43 bits per heavy atom. The third-order valence-electron chi connectivity index (χ3n) is 2.38. The molecule has 0 bridgehead atoms. The van der Waals surface area contributed by atoms with Crippen LogP contribution in [0.15, 0.2) is 4.79 Å². The van der Waals surface area contributed by atoms with Gasteiger partial charge >= 0.3 is 0 Å². The van der Waals surface area contributed by atoms with E-state index < -0.39 is 0 Å². The molecule has 1 aliphatic heterocycles. The molecule has 2 rings (SSSR count). The van der Waals surface area contributed by atoms with Crippen molar-refractivity contribution in [3.8, 4) is 5.88 Å². The van der Waals surface area contributed by atoms with Crippen LogP contribution in [-0.2, 0) is 4.74 Å². The molecule has 14 heavy (non-hydrogen) atoms. The van der Waals surface area contributed by atoms with Crippen molar-refractivity contribution in [2.45, 2.75) is 25.9 Å². The Balaban J connectivity index is 2.39. The summed E-state index contributed by atoms with van der Waals surface area (Å²) in [5, 5.41) is 9.35. The molecule has 76 valence electrons. The summed E-state index contributed by atoms with van der Waals surface area (Å²) in [6.07, 6.45) is 1.63. The van der Waals surface area contributed by atoms with E-state index in [1.165, 1.54) is 6.92 Å². The summed E-state index contributed by atoms with van der Waals surface area (Å²) in [5.41, 5.74) is -0.0604. The van der Waals surface area contributed by atoms with E-state index in [0.717, 1.165) is 12.8 Å². The van der Waals surface area contributed by atoms with Crippen molar-refractivity contribution in [1.82, 2.24) is 9.97 Å². The molecule has 1 aliphatic rings. The van der Waals surface area contributed by atoms with E-state index in [2.05, 4.69) is 9.97 Å². The minimum Gasteiger partial charge on any atom is -0.493 e. The second kappa shape index (κ2) is 3.42. The quantitative estimate of drug-likeness (QED) is 0.691. The lowest BCUT2D eigenvalue weighted by atomic mass is 10.2. The van der Waals surface area contributed by atoms with E-state index in [1.807, 2.05) is 0 Å². The fourth-order valence-corrected chi connectivity index (χ4v) is 1.48. The predicted octanol–water partition coefficient (Wildman–Crippen LogP) is 0.635. The van der Waals surface area contributed by atoms with Crippen molar-refractivity contribution in [2.75, 3.05) is 6.61 Å². The molecule has 1 aromatic heterocycles. The highest BCUT2D eigenvalue weighted by molar-refractivity contribution is 5.20. The zero-order valence-corrected chi connectivity index (χ0v) is 7.91. The molecule has 5 heteroatoms. The van der Waals surface area contributed by atoms with Crippen molar-refractivity contribution in [3.63, 3.8) is 0 Å². The average molecular weight is 196 g/mol. The smallest absolute Gasteiger partial charge is 0.257 e. The summed E-state index contributed by atoms with van der Waals surface area (Å²) in [6.45, 7) is 2.21. The number of H-pyrrole nitrogens is 1. The Hall–Kier alpha value is -1.36. The number of aromatic nitrogens is 2. The van der Waals surface area contributed by atoms with Gasteiger partial charge in [0.05, 0.1) is 5.56 Å². The number of hydrogen-bond donors (Lipinski definition) is 2. The topological polar surface area (TPSA) is 75.2 Å². The molecular formula is C9H12N2O3. The molecule has 0 spiro atoms. The molecule has 1 unspecified atom stereocenters. The lowest BCUT2D eigenvalue weighted by molar-refractivity contribution is 0.104. The monoisotopic (exact) mass is 196 g/mol. The van der Waals surface area contributed by atoms with Crippen LogP contribution in [0.3, 0.4) is 0 Å². The van der Waals surface area contributed by atoms with Gasteiger partial charge in [0.25, 0.3) is 5.56 Å². The van der Waals surface area contributed by atoms with Gasteiger partial charge in [0.15, 0.2) is 0 Å². The third-order valence-corrected chi connectivity index (χ3v) is 2.38. The van der Waals surface area contributed by atoms with Gasteiger partial charge in [0, 0.05) is 6.61 Å². The molecule has 0 saturated carbocycles. The molecular weight excluding hydrogens is 184 g/mol. The highest BCUT2D eigenvalue weighted by Crippen LogP contribution is 2.26. The van der Waals surface area contributed by atoms with Crippen LogP contribution in [0.1, 0.15) is 30.3 Å². The number of ether oxygens (including phenoxy) is 1. The van der Waals surface area contributed by atoms with Crippen LogP contribution < -0.4 is 5.56 Å². The first-order chi connectivity index (χ1) is 6.68. The third kappa shape index (κ3) is 1.50. The van der Waals surface area contributed by atoms with Crippen LogP contribution in [0.25, 0.3) is 0 Å². The van der Waals surface area contributed by atoms with Crippen LogP contribution >= 0.6 is 0 Å². The number of rotatable bonds is 1. The second-order valence-electron chi connectivity index (χ2n) is 3.40. The SMILES string of the molecule is Cc1c(O)nc(C2CCCO2)[nH]c1=O. The van der Waals surface area contributed by atoms with E-state index in [0.29, 0.717) is 12.4 Å². The van der Waals surface area contributed by atoms with Gasteiger partial charge in [-0.1, -0.05) is 0 Å². The number of aromatic amines is 1. The van der Waals surface area contributed by atoms with Crippen molar-refractivity contribution < 1.29 is 9.84 Å². The predicted molar refractivity (Wildman–Crippen MR) is 49.2 cm³/mol. The molecule has 0 amide bonds. The van der Waals surface area contributed by atoms with Gasteiger partial charge in [0.1, 0.15) is 11.9 Å². The first kappa shape index (κ1) is 9.21. The Bertz CT molecular complexity index is 394. The van der Waals surface area contributed by atoms with Gasteiger partial charge in [-0.05, 0) is 19.8 Å². The van der Waals surface area contributed by atoms with Gasteiger partial charge in [-0.15, -0.1) is 0 Å². The minimum absolute atomic E-state index is 0.172. The first-order valence-corrected chi connectivity index (χ1v) is 4.60. The second-order valence-corrected chi connectivity index (χ2v) is 3.40. The van der Waals surface area contributed by atoms with Gasteiger partial charge < -0.3 is 14.8 Å². The average Bonchev–Trinajstić information content (AvgIpc) is 2.66. The number of nitrogens with one attached hydrogen (secondary N) is 1. The van der Waals surface area contributed by atoms with Gasteiger partial charge in [-0.3, -0.25) is 4.79 Å². The zero-order valence-electron chi connectivity index (χ0n) is 7.91. The van der Waals surface area contributed by atoms with E-state index >= 15 is 0 Å². The van der Waals surface area contributed by atoms with Crippen LogP contribution in [0.2, 0.25) is 0 Å². The van der Waals surface area contributed by atoms with Crippen LogP contribution in [0.4, 0.5) is 0 Å². The first-order valence-electron chi connectivity index (χ1n) is 4.60. The van der Waals surface area contributed by atoms with E-state index in [9.17, 15) is 9.90 Å². The van der Waals surface area contributed by atoms with Crippen molar-refractivity contribution >= 4 is 0 Å². The molecule has 5 nitrogen and oxygen atoms in total. The van der Waals surface area contributed by atoms with Gasteiger partial charge in [0.2, 0.25) is 5.88 Å². The van der Waals surface area contributed by atoms with Crippen molar-refractivity contribution in [1.29, 1.82) is 0 Å². The van der Waals surface area contributed by atoms with Crippen molar-refractivity contribution in [3.05, 3.63) is 21.7 Å². The van der Waals surface area contributed by atoms with Crippen molar-refractivity contribution in [2.24, 2.45) is 0 Å². The summed E-state index contributed by atoms with van der Waals surface area (Å²) in [4.78, 5) is 17.8.